The van der Waals surface area contributed by atoms with Gasteiger partial charge in [0.25, 0.3) is 0 Å². The molecule has 0 spiro atoms. The van der Waals surface area contributed by atoms with Crippen LogP contribution in [0.1, 0.15) is 26.2 Å². The highest BCUT2D eigenvalue weighted by molar-refractivity contribution is 5.76. The number of oxazole rings is 1. The van der Waals surface area contributed by atoms with Crippen molar-refractivity contribution in [3.63, 3.8) is 0 Å². The summed E-state index contributed by atoms with van der Waals surface area (Å²) in [4.78, 5) is 6.95. The molecule has 1 unspecified atom stereocenters. The summed E-state index contributed by atoms with van der Waals surface area (Å²) in [5.41, 5.74) is 8.17. The van der Waals surface area contributed by atoms with Gasteiger partial charge in [-0.3, -0.25) is 4.90 Å². The third-order valence-corrected chi connectivity index (χ3v) is 4.07. The summed E-state index contributed by atoms with van der Waals surface area (Å²) in [6.45, 7) is 7.70. The normalized spacial score (nSPS) is 20.7. The maximum Gasteiger partial charge on any atom is 0.209 e. The van der Waals surface area contributed by atoms with E-state index in [9.17, 15) is 0 Å². The van der Waals surface area contributed by atoms with Gasteiger partial charge in [-0.2, -0.15) is 0 Å². The first-order valence-corrected chi connectivity index (χ1v) is 6.99. The van der Waals surface area contributed by atoms with Crippen molar-refractivity contribution in [2.75, 3.05) is 18.8 Å². The molecule has 0 radical (unpaired) electrons. The summed E-state index contributed by atoms with van der Waals surface area (Å²) < 4.78 is 5.77. The number of benzene rings is 1. The standard InChI is InChI=1S/C15H21N3O/c1-10(2)11-5-6-18(8-11)9-15-17-13-7-12(16)3-4-14(13)19-15/h3-4,7,10-11H,5-6,8-9,16H2,1-2H3. The fraction of sp³-hybridized carbons (Fsp3) is 0.533. The molecule has 2 heterocycles. The van der Waals surface area contributed by atoms with E-state index in [4.69, 9.17) is 10.2 Å². The van der Waals surface area contributed by atoms with Crippen LogP contribution in [-0.2, 0) is 6.54 Å². The predicted molar refractivity (Wildman–Crippen MR) is 76.6 cm³/mol. The van der Waals surface area contributed by atoms with Crippen LogP contribution < -0.4 is 5.73 Å². The molecule has 1 saturated heterocycles. The van der Waals surface area contributed by atoms with Crippen LogP contribution in [0.4, 0.5) is 5.69 Å². The van der Waals surface area contributed by atoms with Crippen molar-refractivity contribution in [2.45, 2.75) is 26.8 Å². The molecule has 2 aromatic rings. The SMILES string of the molecule is CC(C)C1CCN(Cc2nc3cc(N)ccc3o2)C1. The number of hydrogen-bond acceptors (Lipinski definition) is 4. The van der Waals surface area contributed by atoms with Crippen molar-refractivity contribution in [1.82, 2.24) is 9.88 Å². The zero-order valence-corrected chi connectivity index (χ0v) is 11.6. The van der Waals surface area contributed by atoms with Crippen molar-refractivity contribution < 1.29 is 4.42 Å². The Bertz CT molecular complexity index is 576. The molecule has 0 aliphatic carbocycles. The van der Waals surface area contributed by atoms with Gasteiger partial charge in [-0.25, -0.2) is 4.98 Å². The third-order valence-electron chi connectivity index (χ3n) is 4.07. The molecular formula is C15H21N3O. The summed E-state index contributed by atoms with van der Waals surface area (Å²) >= 11 is 0. The van der Waals surface area contributed by atoms with Gasteiger partial charge in [-0.15, -0.1) is 0 Å². The molecule has 1 atom stereocenters. The van der Waals surface area contributed by atoms with E-state index in [2.05, 4.69) is 23.7 Å². The lowest BCUT2D eigenvalue weighted by molar-refractivity contribution is 0.271. The monoisotopic (exact) mass is 259 g/mol. The minimum Gasteiger partial charge on any atom is -0.439 e. The number of nitrogens with zero attached hydrogens (tertiary/aromatic N) is 2. The van der Waals surface area contributed by atoms with E-state index < -0.39 is 0 Å². The Labute approximate surface area is 113 Å². The molecule has 1 aliphatic rings. The maximum atomic E-state index is 5.77. The fourth-order valence-electron chi connectivity index (χ4n) is 2.80. The molecule has 0 bridgehead atoms. The highest BCUT2D eigenvalue weighted by Gasteiger charge is 2.25. The van der Waals surface area contributed by atoms with Gasteiger partial charge >= 0.3 is 0 Å². The molecular weight excluding hydrogens is 238 g/mol. The number of nitrogens with two attached hydrogens (primary N) is 1. The topological polar surface area (TPSA) is 55.3 Å². The van der Waals surface area contributed by atoms with Crippen LogP contribution in [-0.4, -0.2) is 23.0 Å². The highest BCUT2D eigenvalue weighted by atomic mass is 16.3. The molecule has 1 fully saturated rings. The molecule has 1 aliphatic heterocycles. The van der Waals surface area contributed by atoms with Gasteiger partial charge in [0.1, 0.15) is 5.52 Å². The second-order valence-electron chi connectivity index (χ2n) is 5.86. The summed E-state index contributed by atoms with van der Waals surface area (Å²) in [5.74, 6) is 2.36. The summed E-state index contributed by atoms with van der Waals surface area (Å²) in [7, 11) is 0. The highest BCUT2D eigenvalue weighted by Crippen LogP contribution is 2.26. The Hall–Kier alpha value is -1.55. The number of hydrogen-bond donors (Lipinski definition) is 1. The van der Waals surface area contributed by atoms with Crippen molar-refractivity contribution in [1.29, 1.82) is 0 Å². The Kier molecular flexibility index (Phi) is 3.19. The van der Waals surface area contributed by atoms with Gasteiger partial charge in [-0.1, -0.05) is 13.8 Å². The van der Waals surface area contributed by atoms with Crippen LogP contribution in [0.25, 0.3) is 11.1 Å². The molecule has 1 aromatic heterocycles. The van der Waals surface area contributed by atoms with Gasteiger partial charge in [0, 0.05) is 12.2 Å². The minimum atomic E-state index is 0.730. The average Bonchev–Trinajstić information content (AvgIpc) is 2.95. The smallest absolute Gasteiger partial charge is 0.209 e. The number of likely N-dealkylation sites (tertiary alicyclic amines) is 1. The van der Waals surface area contributed by atoms with E-state index in [1.54, 1.807) is 0 Å². The lowest BCUT2D eigenvalue weighted by Crippen LogP contribution is -2.21. The van der Waals surface area contributed by atoms with E-state index >= 15 is 0 Å². The molecule has 19 heavy (non-hydrogen) atoms. The average molecular weight is 259 g/mol. The Morgan fingerprint density at radius 1 is 1.47 bits per heavy atom. The predicted octanol–water partition coefficient (Wildman–Crippen LogP) is 2.89. The first-order valence-electron chi connectivity index (χ1n) is 6.99. The zero-order valence-electron chi connectivity index (χ0n) is 11.6. The van der Waals surface area contributed by atoms with Crippen molar-refractivity contribution in [3.05, 3.63) is 24.1 Å². The van der Waals surface area contributed by atoms with Crippen LogP contribution in [0.3, 0.4) is 0 Å². The Balaban J connectivity index is 1.72. The van der Waals surface area contributed by atoms with Crippen LogP contribution >= 0.6 is 0 Å². The van der Waals surface area contributed by atoms with Crippen molar-refractivity contribution >= 4 is 16.8 Å². The lowest BCUT2D eigenvalue weighted by atomic mass is 9.95. The van der Waals surface area contributed by atoms with E-state index in [1.165, 1.54) is 6.42 Å². The van der Waals surface area contributed by atoms with E-state index in [1.807, 2.05) is 18.2 Å². The second kappa shape index (κ2) is 4.85. The Morgan fingerprint density at radius 2 is 2.32 bits per heavy atom. The van der Waals surface area contributed by atoms with Gasteiger partial charge in [0.2, 0.25) is 5.89 Å². The van der Waals surface area contributed by atoms with Crippen molar-refractivity contribution in [3.8, 4) is 0 Å². The summed E-state index contributed by atoms with van der Waals surface area (Å²) in [6, 6.07) is 5.60. The first-order chi connectivity index (χ1) is 9.11. The summed E-state index contributed by atoms with van der Waals surface area (Å²) in [6.07, 6.45) is 1.28. The minimum absolute atomic E-state index is 0.730. The molecule has 102 valence electrons. The van der Waals surface area contributed by atoms with Crippen LogP contribution in [0.2, 0.25) is 0 Å². The number of nitrogen functional groups attached to an aromatic ring is 1. The second-order valence-corrected chi connectivity index (χ2v) is 5.86. The van der Waals surface area contributed by atoms with Crippen LogP contribution in [0.5, 0.6) is 0 Å². The van der Waals surface area contributed by atoms with Crippen molar-refractivity contribution in [2.24, 2.45) is 11.8 Å². The van der Waals surface area contributed by atoms with Crippen LogP contribution in [0.15, 0.2) is 22.6 Å². The van der Waals surface area contributed by atoms with E-state index in [-0.39, 0.29) is 0 Å². The number of anilines is 1. The van der Waals surface area contributed by atoms with Gasteiger partial charge in [-0.05, 0) is 43.0 Å². The third kappa shape index (κ3) is 2.59. The lowest BCUT2D eigenvalue weighted by Gasteiger charge is -2.15. The van der Waals surface area contributed by atoms with Crippen LogP contribution in [0, 0.1) is 11.8 Å². The molecule has 1 aromatic carbocycles. The number of rotatable bonds is 3. The maximum absolute atomic E-state index is 5.77. The number of fused-ring (bicyclic) bond motifs is 1. The fourth-order valence-corrected chi connectivity index (χ4v) is 2.80. The van der Waals surface area contributed by atoms with E-state index in [0.717, 1.165) is 54.1 Å². The molecule has 3 rings (SSSR count). The quantitative estimate of drug-likeness (QED) is 0.861. The van der Waals surface area contributed by atoms with Gasteiger partial charge in [0.15, 0.2) is 5.58 Å². The molecule has 2 N–H and O–H groups in total. The van der Waals surface area contributed by atoms with Gasteiger partial charge < -0.3 is 10.2 Å². The largest absolute Gasteiger partial charge is 0.439 e. The molecule has 0 saturated carbocycles. The molecule has 0 amide bonds. The summed E-state index contributed by atoms with van der Waals surface area (Å²) in [5, 5.41) is 0. The molecule has 4 nitrogen and oxygen atoms in total. The zero-order chi connectivity index (χ0) is 13.4. The van der Waals surface area contributed by atoms with Gasteiger partial charge in [0.05, 0.1) is 6.54 Å². The Morgan fingerprint density at radius 3 is 3.05 bits per heavy atom. The first kappa shape index (κ1) is 12.5. The number of aromatic nitrogens is 1. The van der Waals surface area contributed by atoms with E-state index in [0.29, 0.717) is 0 Å². The molecule has 4 heteroatoms.